The van der Waals surface area contributed by atoms with Crippen molar-refractivity contribution in [3.63, 3.8) is 0 Å². The van der Waals surface area contributed by atoms with E-state index in [1.807, 2.05) is 18.3 Å². The number of hydrogen-bond acceptors (Lipinski definition) is 3. The molecule has 0 unspecified atom stereocenters. The molecule has 0 aliphatic carbocycles. The number of hydrogen-bond donors (Lipinski definition) is 1. The van der Waals surface area contributed by atoms with Gasteiger partial charge in [-0.2, -0.15) is 0 Å². The molecule has 5 nitrogen and oxygen atoms in total. The maximum Gasteiger partial charge on any atom is 0.358 e. The Kier molecular flexibility index (Phi) is 3.17. The quantitative estimate of drug-likeness (QED) is 0.800. The first-order valence-electron chi connectivity index (χ1n) is 6.73. The molecule has 0 radical (unpaired) electrons. The zero-order chi connectivity index (χ0) is 15.0. The fraction of sp³-hybridized carbons (Fsp3) is 0.188. The highest BCUT2D eigenvalue weighted by Gasteiger charge is 2.14. The van der Waals surface area contributed by atoms with Crippen molar-refractivity contribution in [3.05, 3.63) is 54.1 Å². The van der Waals surface area contributed by atoms with Gasteiger partial charge in [0.2, 0.25) is 0 Å². The highest BCUT2D eigenvalue weighted by atomic mass is 16.4. The Morgan fingerprint density at radius 1 is 1.24 bits per heavy atom. The number of carbonyl (C=O) groups is 1. The molecule has 0 aliphatic heterocycles. The molecule has 3 rings (SSSR count). The molecule has 3 aromatic rings. The molecule has 0 saturated heterocycles. The van der Waals surface area contributed by atoms with E-state index in [2.05, 4.69) is 35.9 Å². The number of imidazole rings is 1. The summed E-state index contributed by atoms with van der Waals surface area (Å²) in [7, 11) is 0. The van der Waals surface area contributed by atoms with Crippen LogP contribution in [0.15, 0.2) is 42.9 Å². The van der Waals surface area contributed by atoms with Gasteiger partial charge in [0.25, 0.3) is 0 Å². The molecule has 0 amide bonds. The van der Waals surface area contributed by atoms with Gasteiger partial charge < -0.3 is 9.51 Å². The largest absolute Gasteiger partial charge is 0.476 e. The van der Waals surface area contributed by atoms with Gasteiger partial charge in [0.05, 0.1) is 5.69 Å². The van der Waals surface area contributed by atoms with E-state index in [-0.39, 0.29) is 5.69 Å². The fourth-order valence-corrected chi connectivity index (χ4v) is 2.25. The Balaban J connectivity index is 2.09. The molecule has 0 saturated carbocycles. The summed E-state index contributed by atoms with van der Waals surface area (Å²) in [6.45, 7) is 4.29. The van der Waals surface area contributed by atoms with Crippen LogP contribution in [0.5, 0.6) is 0 Å². The SMILES string of the molecule is CC(C)c1ccc(-c2cn3ccnc(C(=O)O)c3n2)cc1. The number of carboxylic acids is 1. The summed E-state index contributed by atoms with van der Waals surface area (Å²) in [6.07, 6.45) is 4.97. The maximum absolute atomic E-state index is 11.2. The smallest absolute Gasteiger partial charge is 0.358 e. The van der Waals surface area contributed by atoms with Crippen LogP contribution in [0.2, 0.25) is 0 Å². The van der Waals surface area contributed by atoms with E-state index in [0.29, 0.717) is 11.6 Å². The van der Waals surface area contributed by atoms with Crippen LogP contribution in [0, 0.1) is 0 Å². The van der Waals surface area contributed by atoms with Crippen molar-refractivity contribution < 1.29 is 9.90 Å². The second kappa shape index (κ2) is 5.01. The maximum atomic E-state index is 11.2. The third-order valence-corrected chi connectivity index (χ3v) is 3.45. The van der Waals surface area contributed by atoms with Crippen LogP contribution >= 0.6 is 0 Å². The summed E-state index contributed by atoms with van der Waals surface area (Å²) < 4.78 is 1.68. The minimum Gasteiger partial charge on any atom is -0.476 e. The predicted octanol–water partition coefficient (Wildman–Crippen LogP) is 3.22. The molecular formula is C16H15N3O2. The van der Waals surface area contributed by atoms with Gasteiger partial charge in [-0.15, -0.1) is 0 Å². The summed E-state index contributed by atoms with van der Waals surface area (Å²) in [5.41, 5.74) is 3.27. The van der Waals surface area contributed by atoms with E-state index in [1.54, 1.807) is 10.6 Å². The summed E-state index contributed by atoms with van der Waals surface area (Å²) in [5, 5.41) is 9.14. The van der Waals surface area contributed by atoms with E-state index < -0.39 is 5.97 Å². The first kappa shape index (κ1) is 13.3. The molecule has 1 N–H and O–H groups in total. The van der Waals surface area contributed by atoms with Crippen molar-refractivity contribution in [2.24, 2.45) is 0 Å². The van der Waals surface area contributed by atoms with Gasteiger partial charge in [0, 0.05) is 24.2 Å². The average molecular weight is 281 g/mol. The van der Waals surface area contributed by atoms with Crippen LogP contribution in [0.3, 0.4) is 0 Å². The standard InChI is InChI=1S/C16H15N3O2/c1-10(2)11-3-5-12(6-4-11)13-9-19-8-7-17-14(16(20)21)15(19)18-13/h3-10H,1-2H3,(H,20,21). The van der Waals surface area contributed by atoms with Gasteiger partial charge in [-0.1, -0.05) is 38.1 Å². The number of nitrogens with zero attached hydrogens (tertiary/aromatic N) is 3. The monoisotopic (exact) mass is 281 g/mol. The Morgan fingerprint density at radius 2 is 1.95 bits per heavy atom. The topological polar surface area (TPSA) is 67.5 Å². The van der Waals surface area contributed by atoms with Crippen molar-refractivity contribution in [3.8, 4) is 11.3 Å². The van der Waals surface area contributed by atoms with E-state index in [4.69, 9.17) is 5.11 Å². The van der Waals surface area contributed by atoms with Crippen molar-refractivity contribution in [1.82, 2.24) is 14.4 Å². The van der Waals surface area contributed by atoms with Crippen LogP contribution in [-0.4, -0.2) is 25.4 Å². The summed E-state index contributed by atoms with van der Waals surface area (Å²) >= 11 is 0. The first-order chi connectivity index (χ1) is 10.1. The summed E-state index contributed by atoms with van der Waals surface area (Å²) in [4.78, 5) is 19.4. The molecule has 0 bridgehead atoms. The van der Waals surface area contributed by atoms with Crippen molar-refractivity contribution >= 4 is 11.6 Å². The lowest BCUT2D eigenvalue weighted by atomic mass is 10.0. The number of carboxylic acid groups (broad SMARTS) is 1. The average Bonchev–Trinajstić information content (AvgIpc) is 2.90. The normalized spacial score (nSPS) is 11.2. The molecule has 106 valence electrons. The zero-order valence-electron chi connectivity index (χ0n) is 11.8. The lowest BCUT2D eigenvalue weighted by Crippen LogP contribution is -2.03. The third-order valence-electron chi connectivity index (χ3n) is 3.45. The van der Waals surface area contributed by atoms with E-state index >= 15 is 0 Å². The van der Waals surface area contributed by atoms with Crippen LogP contribution in [0.4, 0.5) is 0 Å². The number of benzene rings is 1. The number of fused-ring (bicyclic) bond motifs is 1. The molecule has 21 heavy (non-hydrogen) atoms. The third kappa shape index (κ3) is 2.38. The minimum absolute atomic E-state index is 0.0393. The Bertz CT molecular complexity index is 804. The lowest BCUT2D eigenvalue weighted by molar-refractivity contribution is 0.0692. The fourth-order valence-electron chi connectivity index (χ4n) is 2.25. The Hall–Kier alpha value is -2.69. The molecule has 2 aromatic heterocycles. The van der Waals surface area contributed by atoms with Crippen molar-refractivity contribution in [2.75, 3.05) is 0 Å². The lowest BCUT2D eigenvalue weighted by Gasteiger charge is -2.05. The molecule has 0 aliphatic rings. The van der Waals surface area contributed by atoms with Gasteiger partial charge in [-0.05, 0) is 11.5 Å². The molecule has 0 spiro atoms. The van der Waals surface area contributed by atoms with Crippen LogP contribution in [-0.2, 0) is 0 Å². The van der Waals surface area contributed by atoms with E-state index in [9.17, 15) is 4.79 Å². The zero-order valence-corrected chi connectivity index (χ0v) is 11.8. The van der Waals surface area contributed by atoms with Crippen LogP contribution in [0.25, 0.3) is 16.9 Å². The van der Waals surface area contributed by atoms with Gasteiger partial charge in [-0.25, -0.2) is 14.8 Å². The predicted molar refractivity (Wildman–Crippen MR) is 79.5 cm³/mol. The van der Waals surface area contributed by atoms with Gasteiger partial charge >= 0.3 is 5.97 Å². The molecule has 0 atom stereocenters. The van der Waals surface area contributed by atoms with Crippen LogP contribution in [0.1, 0.15) is 35.8 Å². The summed E-state index contributed by atoms with van der Waals surface area (Å²) in [6, 6.07) is 8.15. The molecule has 2 heterocycles. The minimum atomic E-state index is -1.08. The molecule has 1 aromatic carbocycles. The molecular weight excluding hydrogens is 266 g/mol. The Labute approximate surface area is 121 Å². The highest BCUT2D eigenvalue weighted by molar-refractivity contribution is 5.92. The molecule has 5 heteroatoms. The van der Waals surface area contributed by atoms with Crippen molar-refractivity contribution in [1.29, 1.82) is 0 Å². The van der Waals surface area contributed by atoms with E-state index in [0.717, 1.165) is 11.3 Å². The number of rotatable bonds is 3. The van der Waals surface area contributed by atoms with Gasteiger partial charge in [0.1, 0.15) is 0 Å². The van der Waals surface area contributed by atoms with Crippen LogP contribution < -0.4 is 0 Å². The van der Waals surface area contributed by atoms with E-state index in [1.165, 1.54) is 11.8 Å². The second-order valence-corrected chi connectivity index (χ2v) is 5.21. The second-order valence-electron chi connectivity index (χ2n) is 5.21. The van der Waals surface area contributed by atoms with Gasteiger partial charge in [0.15, 0.2) is 11.3 Å². The van der Waals surface area contributed by atoms with Gasteiger partial charge in [-0.3, -0.25) is 0 Å². The van der Waals surface area contributed by atoms with Crippen molar-refractivity contribution in [2.45, 2.75) is 19.8 Å². The first-order valence-corrected chi connectivity index (χ1v) is 6.73. The highest BCUT2D eigenvalue weighted by Crippen LogP contribution is 2.23. The summed E-state index contributed by atoms with van der Waals surface area (Å²) in [5.74, 6) is -0.601. The Morgan fingerprint density at radius 3 is 2.57 bits per heavy atom. The molecule has 0 fully saturated rings. The number of aromatic nitrogens is 3. The number of aromatic carboxylic acids is 1.